The van der Waals surface area contributed by atoms with E-state index in [0.717, 1.165) is 49.8 Å². The average molecular weight is 738 g/mol. The van der Waals surface area contributed by atoms with Crippen LogP contribution in [0.3, 0.4) is 0 Å². The first-order chi connectivity index (χ1) is 28.7. The molecule has 0 aliphatic carbocycles. The van der Waals surface area contributed by atoms with Crippen molar-refractivity contribution >= 4 is 92.9 Å². The molecule has 2 nitrogen and oxygen atoms in total. The van der Waals surface area contributed by atoms with Crippen LogP contribution in [0.1, 0.15) is 0 Å². The van der Waals surface area contributed by atoms with Gasteiger partial charge in [0.2, 0.25) is 0 Å². The fourth-order valence-electron chi connectivity index (χ4n) is 9.19. The third-order valence-electron chi connectivity index (χ3n) is 12.0. The minimum absolute atomic E-state index is 0.911. The van der Waals surface area contributed by atoms with Gasteiger partial charge in [0.1, 0.15) is 11.2 Å². The first-order valence-corrected chi connectivity index (χ1v) is 19.9. The summed E-state index contributed by atoms with van der Waals surface area (Å²) in [6, 6.07) is 77.2. The van der Waals surface area contributed by atoms with E-state index in [1.165, 1.54) is 65.3 Å². The number of hydrogen-bond acceptors (Lipinski definition) is 2. The van der Waals surface area contributed by atoms with Gasteiger partial charge in [0.15, 0.2) is 0 Å². The van der Waals surface area contributed by atoms with Crippen LogP contribution in [-0.2, 0) is 0 Å². The number of hydrogen-bond donors (Lipinski definition) is 0. The Bertz CT molecular complexity index is 3580. The zero-order valence-electron chi connectivity index (χ0n) is 31.6. The molecule has 11 aromatic carbocycles. The molecule has 1 heterocycles. The van der Waals surface area contributed by atoms with Crippen molar-refractivity contribution in [3.8, 4) is 22.3 Å². The van der Waals surface area contributed by atoms with Crippen LogP contribution in [0.5, 0.6) is 0 Å². The number of nitrogens with zero attached hydrogens (tertiary/aromatic N) is 1. The fraction of sp³-hybridized carbons (Fsp3) is 0. The summed E-state index contributed by atoms with van der Waals surface area (Å²) in [5, 5.41) is 14.6. The monoisotopic (exact) mass is 737 g/mol. The largest absolute Gasteiger partial charge is 0.455 e. The lowest BCUT2D eigenvalue weighted by Gasteiger charge is -2.27. The SMILES string of the molecule is c1cc(-c2cc3ccccc3c3ccccc23)cc(N(c2ccc(-c3ccc4c(ccc5ccccc54)c3)cc2)c2ccc3c(ccc4c5ccccc5oc34)c2)c1. The lowest BCUT2D eigenvalue weighted by Crippen LogP contribution is -2.10. The van der Waals surface area contributed by atoms with E-state index in [0.29, 0.717) is 0 Å². The quantitative estimate of drug-likeness (QED) is 0.164. The summed E-state index contributed by atoms with van der Waals surface area (Å²) in [5.41, 5.74) is 9.87. The van der Waals surface area contributed by atoms with Gasteiger partial charge >= 0.3 is 0 Å². The number of rotatable bonds is 5. The van der Waals surface area contributed by atoms with Crippen molar-refractivity contribution in [2.24, 2.45) is 0 Å². The van der Waals surface area contributed by atoms with Crippen molar-refractivity contribution in [2.75, 3.05) is 4.90 Å². The summed E-state index contributed by atoms with van der Waals surface area (Å²) in [4.78, 5) is 2.38. The van der Waals surface area contributed by atoms with Crippen LogP contribution in [0, 0.1) is 0 Å². The van der Waals surface area contributed by atoms with Crippen LogP contribution in [0.15, 0.2) is 217 Å². The van der Waals surface area contributed by atoms with Gasteiger partial charge in [0, 0.05) is 33.2 Å². The van der Waals surface area contributed by atoms with Gasteiger partial charge in [-0.2, -0.15) is 0 Å². The number of furan rings is 1. The molecular formula is C56H35NO. The maximum absolute atomic E-state index is 6.46. The standard InChI is InChI=1S/C56H35NO/c1-3-14-46-37(10-1)20-21-41-32-38(24-29-48(41)46)36-22-26-43(27-23-36)57(45-28-31-49-42(34-45)25-30-53-52-18-7-8-19-55(52)58-56(49)53)44-13-9-12-39(33-44)54-35-40-11-2-4-15-47(40)50-16-5-6-17-51(50)54/h1-35H. The van der Waals surface area contributed by atoms with E-state index >= 15 is 0 Å². The lowest BCUT2D eigenvalue weighted by molar-refractivity contribution is 0.672. The maximum atomic E-state index is 6.46. The van der Waals surface area contributed by atoms with Crippen LogP contribution >= 0.6 is 0 Å². The fourth-order valence-corrected chi connectivity index (χ4v) is 9.19. The Hall–Kier alpha value is -7.68. The molecule has 0 spiro atoms. The van der Waals surface area contributed by atoms with E-state index in [-0.39, 0.29) is 0 Å². The smallest absolute Gasteiger partial charge is 0.143 e. The normalized spacial score (nSPS) is 11.8. The van der Waals surface area contributed by atoms with Gasteiger partial charge in [-0.15, -0.1) is 0 Å². The second-order valence-corrected chi connectivity index (χ2v) is 15.3. The minimum Gasteiger partial charge on any atom is -0.455 e. The Morgan fingerprint density at radius 3 is 1.71 bits per heavy atom. The summed E-state index contributed by atoms with van der Waals surface area (Å²) >= 11 is 0. The Kier molecular flexibility index (Phi) is 7.26. The van der Waals surface area contributed by atoms with Crippen molar-refractivity contribution in [1.82, 2.24) is 0 Å². The molecule has 0 saturated heterocycles. The van der Waals surface area contributed by atoms with Crippen LogP contribution < -0.4 is 4.90 Å². The summed E-state index contributed by atoms with van der Waals surface area (Å²) in [6.07, 6.45) is 0. The first-order valence-electron chi connectivity index (χ1n) is 19.9. The highest BCUT2D eigenvalue weighted by Gasteiger charge is 2.18. The van der Waals surface area contributed by atoms with E-state index in [1.807, 2.05) is 12.1 Å². The molecule has 58 heavy (non-hydrogen) atoms. The zero-order chi connectivity index (χ0) is 38.2. The molecule has 0 radical (unpaired) electrons. The number of fused-ring (bicyclic) bond motifs is 11. The van der Waals surface area contributed by atoms with Crippen LogP contribution in [0.2, 0.25) is 0 Å². The Morgan fingerprint density at radius 1 is 0.276 bits per heavy atom. The predicted molar refractivity (Wildman–Crippen MR) is 247 cm³/mol. The highest BCUT2D eigenvalue weighted by molar-refractivity contribution is 6.16. The Labute approximate surface area is 335 Å². The van der Waals surface area contributed by atoms with Crippen LogP contribution in [-0.4, -0.2) is 0 Å². The molecule has 0 amide bonds. The molecule has 0 atom stereocenters. The average Bonchev–Trinajstić information content (AvgIpc) is 3.68. The van der Waals surface area contributed by atoms with Gasteiger partial charge in [-0.25, -0.2) is 0 Å². The predicted octanol–water partition coefficient (Wildman–Crippen LogP) is 16.2. The van der Waals surface area contributed by atoms with Gasteiger partial charge in [0.05, 0.1) is 0 Å². The van der Waals surface area contributed by atoms with Crippen molar-refractivity contribution in [2.45, 2.75) is 0 Å². The van der Waals surface area contributed by atoms with Gasteiger partial charge in [-0.1, -0.05) is 146 Å². The molecule has 1 aromatic heterocycles. The second kappa shape index (κ2) is 12.9. The topological polar surface area (TPSA) is 16.4 Å². The van der Waals surface area contributed by atoms with E-state index in [4.69, 9.17) is 4.42 Å². The molecule has 2 heteroatoms. The molecule has 0 aliphatic heterocycles. The summed E-state index contributed by atoms with van der Waals surface area (Å²) in [6.45, 7) is 0. The van der Waals surface area contributed by atoms with Crippen LogP contribution in [0.4, 0.5) is 17.1 Å². The maximum Gasteiger partial charge on any atom is 0.143 e. The molecule has 0 fully saturated rings. The summed E-state index contributed by atoms with van der Waals surface area (Å²) in [5.74, 6) is 0. The van der Waals surface area contributed by atoms with Gasteiger partial charge in [-0.3, -0.25) is 0 Å². The Morgan fingerprint density at radius 2 is 0.845 bits per heavy atom. The molecule has 0 saturated carbocycles. The summed E-state index contributed by atoms with van der Waals surface area (Å²) in [7, 11) is 0. The zero-order valence-corrected chi connectivity index (χ0v) is 31.6. The van der Waals surface area contributed by atoms with E-state index in [2.05, 4.69) is 205 Å². The van der Waals surface area contributed by atoms with Crippen molar-refractivity contribution < 1.29 is 4.42 Å². The third-order valence-corrected chi connectivity index (χ3v) is 12.0. The van der Waals surface area contributed by atoms with Crippen LogP contribution in [0.25, 0.3) is 98.1 Å². The number of para-hydroxylation sites is 1. The minimum atomic E-state index is 0.911. The molecule has 0 N–H and O–H groups in total. The third kappa shape index (κ3) is 5.19. The Balaban J connectivity index is 1.01. The van der Waals surface area contributed by atoms with Gasteiger partial charge < -0.3 is 9.32 Å². The van der Waals surface area contributed by atoms with E-state index in [9.17, 15) is 0 Å². The first kappa shape index (κ1) is 32.6. The molecule has 0 aliphatic rings. The number of benzene rings is 11. The molecule has 270 valence electrons. The molecule has 0 bridgehead atoms. The molecule has 0 unspecified atom stereocenters. The van der Waals surface area contributed by atoms with E-state index < -0.39 is 0 Å². The summed E-state index contributed by atoms with van der Waals surface area (Å²) < 4.78 is 6.46. The van der Waals surface area contributed by atoms with E-state index in [1.54, 1.807) is 0 Å². The highest BCUT2D eigenvalue weighted by Crippen LogP contribution is 2.43. The van der Waals surface area contributed by atoms with Gasteiger partial charge in [0.25, 0.3) is 0 Å². The van der Waals surface area contributed by atoms with Crippen molar-refractivity contribution in [3.05, 3.63) is 212 Å². The van der Waals surface area contributed by atoms with Crippen molar-refractivity contribution in [1.29, 1.82) is 0 Å². The molecule has 12 aromatic rings. The lowest BCUT2D eigenvalue weighted by atomic mass is 9.93. The number of anilines is 3. The van der Waals surface area contributed by atoms with Gasteiger partial charge in [-0.05, 0) is 137 Å². The molecular weight excluding hydrogens is 703 g/mol. The highest BCUT2D eigenvalue weighted by atomic mass is 16.3. The second-order valence-electron chi connectivity index (χ2n) is 15.3. The molecule has 12 rings (SSSR count). The van der Waals surface area contributed by atoms with Crippen molar-refractivity contribution in [3.63, 3.8) is 0 Å².